The van der Waals surface area contributed by atoms with E-state index in [-0.39, 0.29) is 22.4 Å². The second kappa shape index (κ2) is 11.0. The molecule has 1 aromatic carbocycles. The lowest BCUT2D eigenvalue weighted by Gasteiger charge is -2.14. The molecule has 0 unspecified atom stereocenters. The molecular formula is C21H19F3N5O4S+. The summed E-state index contributed by atoms with van der Waals surface area (Å²) in [6, 6.07) is 8.65. The molecule has 2 aromatic heterocycles. The molecule has 0 radical (unpaired) electrons. The van der Waals surface area contributed by atoms with Gasteiger partial charge in [-0.05, 0) is 35.0 Å². The highest BCUT2D eigenvalue weighted by atomic mass is 32.2. The Bertz CT molecular complexity index is 1190. The maximum Gasteiger partial charge on any atom is 0.417 e. The van der Waals surface area contributed by atoms with E-state index in [0.717, 1.165) is 6.07 Å². The van der Waals surface area contributed by atoms with Crippen molar-refractivity contribution in [3.05, 3.63) is 47.7 Å². The molecule has 0 atom stereocenters. The number of thioether (sulfide) groups is 1. The van der Waals surface area contributed by atoms with E-state index in [1.807, 2.05) is 0 Å². The van der Waals surface area contributed by atoms with Crippen molar-refractivity contribution < 1.29 is 36.6 Å². The van der Waals surface area contributed by atoms with Gasteiger partial charge in [0, 0.05) is 12.7 Å². The van der Waals surface area contributed by atoms with Gasteiger partial charge in [-0.15, -0.1) is 0 Å². The highest BCUT2D eigenvalue weighted by Crippen LogP contribution is 2.38. The van der Waals surface area contributed by atoms with Crippen LogP contribution in [0.3, 0.4) is 0 Å². The third-order valence-corrected chi connectivity index (χ3v) is 5.40. The summed E-state index contributed by atoms with van der Waals surface area (Å²) < 4.78 is 57.4. The molecule has 13 heteroatoms. The van der Waals surface area contributed by atoms with Crippen LogP contribution in [0.1, 0.15) is 11.1 Å². The fourth-order valence-corrected chi connectivity index (χ4v) is 3.60. The van der Waals surface area contributed by atoms with Gasteiger partial charge in [-0.1, -0.05) is 11.8 Å². The Labute approximate surface area is 196 Å². The van der Waals surface area contributed by atoms with Gasteiger partial charge in [0.25, 0.3) is 6.20 Å². The number of carbonyl (C=O) groups is 1. The molecule has 0 saturated carbocycles. The van der Waals surface area contributed by atoms with E-state index in [9.17, 15) is 23.2 Å². The average molecular weight is 494 g/mol. The van der Waals surface area contributed by atoms with Crippen LogP contribution in [0, 0.1) is 11.3 Å². The van der Waals surface area contributed by atoms with Crippen molar-refractivity contribution in [2.75, 3.05) is 31.9 Å². The zero-order valence-corrected chi connectivity index (χ0v) is 18.9. The summed E-state index contributed by atoms with van der Waals surface area (Å²) in [7, 11) is 2.99. The van der Waals surface area contributed by atoms with E-state index in [1.165, 1.54) is 25.1 Å². The van der Waals surface area contributed by atoms with E-state index in [1.54, 1.807) is 30.3 Å². The molecule has 0 aliphatic carbocycles. The Morgan fingerprint density at radius 1 is 1.29 bits per heavy atom. The van der Waals surface area contributed by atoms with Crippen molar-refractivity contribution in [2.45, 2.75) is 17.7 Å². The number of pyridine rings is 1. The Kier molecular flexibility index (Phi) is 8.08. The van der Waals surface area contributed by atoms with Crippen LogP contribution in [0.4, 0.5) is 19.1 Å². The fraction of sp³-hybridized carbons (Fsp3) is 0.286. The molecular weight excluding hydrogens is 475 g/mol. The molecule has 34 heavy (non-hydrogen) atoms. The number of nitrogens with zero attached hydrogens (tertiary/aromatic N) is 4. The van der Waals surface area contributed by atoms with E-state index in [4.69, 9.17) is 14.0 Å². The molecule has 9 nitrogen and oxygen atoms in total. The second-order valence-corrected chi connectivity index (χ2v) is 7.70. The van der Waals surface area contributed by atoms with E-state index >= 15 is 0 Å². The minimum Gasteiger partial charge on any atom is -0.497 e. The predicted molar refractivity (Wildman–Crippen MR) is 114 cm³/mol. The monoisotopic (exact) mass is 494 g/mol. The Morgan fingerprint density at radius 3 is 2.65 bits per heavy atom. The second-order valence-electron chi connectivity index (χ2n) is 6.73. The SMILES string of the molecule is COCC[n+]1cc(NC(=O)CSc2nc(-c3ccc(OC)cc3)cc(C(F)(F)F)c2C#N)on1. The highest BCUT2D eigenvalue weighted by Gasteiger charge is 2.36. The summed E-state index contributed by atoms with van der Waals surface area (Å²) in [6.45, 7) is 0.785. The lowest BCUT2D eigenvalue weighted by Crippen LogP contribution is -2.36. The van der Waals surface area contributed by atoms with E-state index in [2.05, 4.69) is 15.6 Å². The summed E-state index contributed by atoms with van der Waals surface area (Å²) in [4.78, 5) is 16.5. The summed E-state index contributed by atoms with van der Waals surface area (Å²) in [5.41, 5.74) is -1.39. The van der Waals surface area contributed by atoms with Gasteiger partial charge in [0.2, 0.25) is 17.7 Å². The number of hydrogen-bond donors (Lipinski definition) is 1. The maximum atomic E-state index is 13.7. The first-order valence-corrected chi connectivity index (χ1v) is 10.7. The molecule has 3 rings (SSSR count). The van der Waals surface area contributed by atoms with Crippen LogP contribution in [0.15, 0.2) is 46.1 Å². The topological polar surface area (TPSA) is 114 Å². The number of halogens is 3. The number of hydrogen-bond acceptors (Lipinski definition) is 8. The van der Waals surface area contributed by atoms with Gasteiger partial charge in [-0.2, -0.15) is 18.4 Å². The van der Waals surface area contributed by atoms with Gasteiger partial charge >= 0.3 is 12.1 Å². The number of aromatic nitrogens is 3. The summed E-state index contributed by atoms with van der Waals surface area (Å²) in [6.07, 6.45) is -3.35. The number of carbonyl (C=O) groups excluding carboxylic acids is 1. The van der Waals surface area contributed by atoms with Crippen LogP contribution in [0.2, 0.25) is 0 Å². The third kappa shape index (κ3) is 6.24. The average Bonchev–Trinajstić information content (AvgIpc) is 3.27. The van der Waals surface area contributed by atoms with Crippen LogP contribution in [-0.2, 0) is 22.3 Å². The number of anilines is 1. The van der Waals surface area contributed by atoms with Crippen molar-refractivity contribution in [3.63, 3.8) is 0 Å². The number of rotatable bonds is 9. The molecule has 0 spiro atoms. The molecule has 0 fully saturated rings. The molecule has 0 bridgehead atoms. The largest absolute Gasteiger partial charge is 0.497 e. The maximum absolute atomic E-state index is 13.7. The molecule has 0 saturated heterocycles. The van der Waals surface area contributed by atoms with Crippen molar-refractivity contribution >= 4 is 23.6 Å². The minimum atomic E-state index is -4.79. The summed E-state index contributed by atoms with van der Waals surface area (Å²) in [5.74, 6) is -0.313. The molecule has 178 valence electrons. The predicted octanol–water partition coefficient (Wildman–Crippen LogP) is 3.30. The quantitative estimate of drug-likeness (QED) is 0.356. The van der Waals surface area contributed by atoms with Crippen LogP contribution >= 0.6 is 11.8 Å². The third-order valence-electron chi connectivity index (χ3n) is 4.43. The van der Waals surface area contributed by atoms with Crippen LogP contribution < -0.4 is 14.7 Å². The summed E-state index contributed by atoms with van der Waals surface area (Å²) >= 11 is 0.707. The fourth-order valence-electron chi connectivity index (χ4n) is 2.80. The number of alkyl halides is 3. The van der Waals surface area contributed by atoms with E-state index in [0.29, 0.717) is 36.2 Å². The number of ether oxygens (including phenoxy) is 2. The number of nitrogens with one attached hydrogen (secondary N) is 1. The van der Waals surface area contributed by atoms with Gasteiger partial charge in [0.1, 0.15) is 23.5 Å². The Balaban J connectivity index is 1.83. The van der Waals surface area contributed by atoms with Gasteiger partial charge < -0.3 is 9.47 Å². The number of amides is 1. The molecule has 1 N–H and O–H groups in total. The standard InChI is InChI=1S/C21H18F3N5O4S/c1-31-8-7-29-11-19(33-28-29)27-18(30)12-34-20-15(10-25)16(21(22,23)24)9-17(26-20)13-3-5-14(32-2)6-4-13/h3-6,9,11H,7-8,12H2,1-2H3/p+1. The van der Waals surface area contributed by atoms with Crippen LogP contribution in [0.25, 0.3) is 11.3 Å². The smallest absolute Gasteiger partial charge is 0.417 e. The van der Waals surface area contributed by atoms with Crippen molar-refractivity contribution in [2.24, 2.45) is 0 Å². The van der Waals surface area contributed by atoms with Gasteiger partial charge in [0.05, 0.1) is 29.7 Å². The molecule has 0 aliphatic rings. The van der Waals surface area contributed by atoms with Gasteiger partial charge in [-0.25, -0.2) is 4.98 Å². The lowest BCUT2D eigenvalue weighted by molar-refractivity contribution is -0.763. The van der Waals surface area contributed by atoms with E-state index < -0.39 is 23.2 Å². The molecule has 3 aromatic rings. The van der Waals surface area contributed by atoms with Crippen LogP contribution in [0.5, 0.6) is 5.75 Å². The Morgan fingerprint density at radius 2 is 2.03 bits per heavy atom. The highest BCUT2D eigenvalue weighted by molar-refractivity contribution is 8.00. The number of methoxy groups -OCH3 is 2. The first kappa shape index (κ1) is 25.0. The first-order valence-electron chi connectivity index (χ1n) is 9.70. The Hall–Kier alpha value is -3.63. The van der Waals surface area contributed by atoms with Crippen LogP contribution in [-0.4, -0.2) is 42.7 Å². The van der Waals surface area contributed by atoms with Gasteiger partial charge in [-0.3, -0.25) is 14.6 Å². The number of benzene rings is 1. The summed E-state index contributed by atoms with van der Waals surface area (Å²) in [5, 5.41) is 15.3. The number of nitriles is 1. The molecule has 0 aliphatic heterocycles. The molecule has 2 heterocycles. The minimum absolute atomic E-state index is 0.00584. The van der Waals surface area contributed by atoms with Crippen molar-refractivity contribution in [1.82, 2.24) is 10.3 Å². The zero-order chi connectivity index (χ0) is 24.7. The zero-order valence-electron chi connectivity index (χ0n) is 18.0. The first-order chi connectivity index (χ1) is 16.2. The lowest BCUT2D eigenvalue weighted by atomic mass is 10.1. The van der Waals surface area contributed by atoms with Crippen molar-refractivity contribution in [1.29, 1.82) is 5.26 Å². The van der Waals surface area contributed by atoms with Gasteiger partial charge in [0.15, 0.2) is 0 Å². The van der Waals surface area contributed by atoms with Crippen molar-refractivity contribution in [3.8, 4) is 23.1 Å². The normalized spacial score (nSPS) is 11.2. The molecule has 1 amide bonds.